The van der Waals surface area contributed by atoms with Gasteiger partial charge in [0.15, 0.2) is 0 Å². The zero-order valence-electron chi connectivity index (χ0n) is 18.4. The van der Waals surface area contributed by atoms with Gasteiger partial charge in [-0.15, -0.1) is 0 Å². The summed E-state index contributed by atoms with van der Waals surface area (Å²) in [7, 11) is 0. The molecule has 3 aliphatic rings. The quantitative estimate of drug-likeness (QED) is 0.492. The zero-order chi connectivity index (χ0) is 21.5. The van der Waals surface area contributed by atoms with Crippen LogP contribution in [0.3, 0.4) is 0 Å². The lowest BCUT2D eigenvalue weighted by Crippen LogP contribution is -2.38. The van der Waals surface area contributed by atoms with Gasteiger partial charge < -0.3 is 9.64 Å². The Hall–Kier alpha value is -2.49. The van der Waals surface area contributed by atoms with Crippen molar-refractivity contribution >= 4 is 0 Å². The molecule has 2 aliphatic heterocycles. The first-order valence-electron chi connectivity index (χ1n) is 12.0. The number of ether oxygens (including phenoxy) is 1. The summed E-state index contributed by atoms with van der Waals surface area (Å²) in [4.78, 5) is 2.58. The molecule has 2 heterocycles. The van der Waals surface area contributed by atoms with Crippen molar-refractivity contribution in [3.05, 3.63) is 106 Å². The summed E-state index contributed by atoms with van der Waals surface area (Å²) in [5, 5.41) is 0. The third-order valence-electron chi connectivity index (χ3n) is 7.79. The first-order valence-corrected chi connectivity index (χ1v) is 12.0. The van der Waals surface area contributed by atoms with Gasteiger partial charge in [-0.05, 0) is 84.6 Å². The molecule has 0 saturated carbocycles. The van der Waals surface area contributed by atoms with Crippen molar-refractivity contribution < 1.29 is 9.13 Å². The number of hydrogen-bond donors (Lipinski definition) is 0. The van der Waals surface area contributed by atoms with E-state index >= 15 is 0 Å². The summed E-state index contributed by atoms with van der Waals surface area (Å²) >= 11 is 0. The van der Waals surface area contributed by atoms with Crippen LogP contribution in [-0.4, -0.2) is 30.6 Å². The molecule has 0 spiro atoms. The van der Waals surface area contributed by atoms with Crippen molar-refractivity contribution in [2.24, 2.45) is 0 Å². The monoisotopic (exact) mass is 427 g/mol. The van der Waals surface area contributed by atoms with Crippen LogP contribution in [0.25, 0.3) is 0 Å². The number of nitrogens with zero attached hydrogens (tertiary/aromatic N) is 1. The van der Waals surface area contributed by atoms with Crippen molar-refractivity contribution in [2.75, 3.05) is 19.6 Å². The van der Waals surface area contributed by atoms with Gasteiger partial charge in [0.05, 0.1) is 12.2 Å². The van der Waals surface area contributed by atoms with Crippen LogP contribution in [0.5, 0.6) is 0 Å². The highest BCUT2D eigenvalue weighted by molar-refractivity contribution is 5.45. The third kappa shape index (κ3) is 3.78. The van der Waals surface area contributed by atoms with E-state index in [-0.39, 0.29) is 23.9 Å². The lowest BCUT2D eigenvalue weighted by Gasteiger charge is -2.33. The maximum atomic E-state index is 14.2. The SMILES string of the molecule is Fc1ccc2c(c1)C1CC(CN3CCC(c4ccccc4)CC3)OC1c1ccccc1C2. The average molecular weight is 428 g/mol. The van der Waals surface area contributed by atoms with Gasteiger partial charge in [-0.2, -0.15) is 0 Å². The number of rotatable bonds is 3. The van der Waals surface area contributed by atoms with Crippen LogP contribution in [-0.2, 0) is 11.2 Å². The summed E-state index contributed by atoms with van der Waals surface area (Å²) < 4.78 is 20.9. The molecule has 2 fully saturated rings. The van der Waals surface area contributed by atoms with Gasteiger partial charge in [0, 0.05) is 12.5 Å². The van der Waals surface area contributed by atoms with Gasteiger partial charge in [0.1, 0.15) is 5.82 Å². The Morgan fingerprint density at radius 2 is 1.59 bits per heavy atom. The van der Waals surface area contributed by atoms with Crippen LogP contribution < -0.4 is 0 Å². The molecule has 2 saturated heterocycles. The van der Waals surface area contributed by atoms with E-state index in [2.05, 4.69) is 59.5 Å². The summed E-state index contributed by atoms with van der Waals surface area (Å²) in [6.07, 6.45) is 4.47. The molecular formula is C29H30FNO. The Kier molecular flexibility index (Phi) is 5.32. The molecule has 1 aliphatic carbocycles. The van der Waals surface area contributed by atoms with Gasteiger partial charge in [-0.25, -0.2) is 4.39 Å². The highest BCUT2D eigenvalue weighted by Crippen LogP contribution is 2.49. The third-order valence-corrected chi connectivity index (χ3v) is 7.79. The second-order valence-electron chi connectivity index (χ2n) is 9.73. The molecule has 3 aromatic rings. The Bertz CT molecular complexity index is 1090. The molecule has 3 aromatic carbocycles. The minimum atomic E-state index is -0.139. The normalized spacial score (nSPS) is 25.6. The van der Waals surface area contributed by atoms with Crippen LogP contribution in [0.4, 0.5) is 4.39 Å². The maximum absolute atomic E-state index is 14.2. The molecule has 0 radical (unpaired) electrons. The molecule has 6 rings (SSSR count). The van der Waals surface area contributed by atoms with Crippen molar-refractivity contribution in [3.8, 4) is 0 Å². The summed E-state index contributed by atoms with van der Waals surface area (Å²) in [6.45, 7) is 3.22. The van der Waals surface area contributed by atoms with Crippen LogP contribution in [0.15, 0.2) is 72.8 Å². The number of fused-ring (bicyclic) bond motifs is 5. The molecule has 3 atom stereocenters. The fourth-order valence-corrected chi connectivity index (χ4v) is 6.17. The average Bonchev–Trinajstić information content (AvgIpc) is 3.20. The molecule has 0 N–H and O–H groups in total. The lowest BCUT2D eigenvalue weighted by atomic mass is 9.86. The molecule has 3 unspecified atom stereocenters. The van der Waals surface area contributed by atoms with Crippen molar-refractivity contribution in [1.82, 2.24) is 4.90 Å². The molecular weight excluding hydrogens is 397 g/mol. The fourth-order valence-electron chi connectivity index (χ4n) is 6.17. The Morgan fingerprint density at radius 1 is 0.844 bits per heavy atom. The first kappa shape index (κ1) is 20.1. The Morgan fingerprint density at radius 3 is 2.44 bits per heavy atom. The van der Waals surface area contributed by atoms with E-state index in [0.29, 0.717) is 5.92 Å². The van der Waals surface area contributed by atoms with Crippen molar-refractivity contribution in [2.45, 2.75) is 49.7 Å². The highest BCUT2D eigenvalue weighted by atomic mass is 19.1. The van der Waals surface area contributed by atoms with Gasteiger partial charge in [-0.3, -0.25) is 0 Å². The fraction of sp³-hybridized carbons (Fsp3) is 0.379. The molecule has 164 valence electrons. The minimum Gasteiger partial charge on any atom is -0.368 e. The van der Waals surface area contributed by atoms with E-state index in [9.17, 15) is 4.39 Å². The molecule has 2 nitrogen and oxygen atoms in total. The van der Waals surface area contributed by atoms with Crippen molar-refractivity contribution in [3.63, 3.8) is 0 Å². The van der Waals surface area contributed by atoms with E-state index in [1.54, 1.807) is 12.1 Å². The van der Waals surface area contributed by atoms with E-state index in [0.717, 1.165) is 38.0 Å². The number of benzene rings is 3. The lowest BCUT2D eigenvalue weighted by molar-refractivity contribution is 0.0149. The number of likely N-dealkylation sites (tertiary alicyclic amines) is 1. The van der Waals surface area contributed by atoms with Crippen molar-refractivity contribution in [1.29, 1.82) is 0 Å². The number of piperidine rings is 1. The smallest absolute Gasteiger partial charge is 0.123 e. The predicted octanol–water partition coefficient (Wildman–Crippen LogP) is 6.22. The maximum Gasteiger partial charge on any atom is 0.123 e. The standard InChI is InChI=1S/C29H30FNO/c30-24-11-10-23-16-22-8-4-5-9-26(22)29-28(27(23)17-24)18-25(32-29)19-31-14-12-21(13-15-31)20-6-2-1-3-7-20/h1-11,17,21,25,28-29H,12-16,18-19H2. The number of halogens is 1. The van der Waals surface area contributed by atoms with Gasteiger partial charge in [0.25, 0.3) is 0 Å². The largest absolute Gasteiger partial charge is 0.368 e. The second-order valence-corrected chi connectivity index (χ2v) is 9.73. The molecule has 0 amide bonds. The van der Waals surface area contributed by atoms with Crippen LogP contribution in [0.1, 0.15) is 65.0 Å². The van der Waals surface area contributed by atoms with Crippen LogP contribution in [0, 0.1) is 5.82 Å². The molecule has 0 bridgehead atoms. The van der Waals surface area contributed by atoms with Gasteiger partial charge in [-0.1, -0.05) is 60.7 Å². The van der Waals surface area contributed by atoms with Crippen LogP contribution in [0.2, 0.25) is 0 Å². The molecule has 0 aromatic heterocycles. The van der Waals surface area contributed by atoms with E-state index in [4.69, 9.17) is 4.74 Å². The van der Waals surface area contributed by atoms with E-state index in [1.165, 1.54) is 35.1 Å². The summed E-state index contributed by atoms with van der Waals surface area (Å²) in [5.41, 5.74) is 6.48. The summed E-state index contributed by atoms with van der Waals surface area (Å²) in [6, 6.07) is 24.9. The summed E-state index contributed by atoms with van der Waals surface area (Å²) in [5.74, 6) is 0.765. The van der Waals surface area contributed by atoms with E-state index < -0.39 is 0 Å². The Labute approximate surface area is 190 Å². The topological polar surface area (TPSA) is 12.5 Å². The van der Waals surface area contributed by atoms with E-state index in [1.807, 2.05) is 6.07 Å². The zero-order valence-corrected chi connectivity index (χ0v) is 18.4. The van der Waals surface area contributed by atoms with Gasteiger partial charge in [0.2, 0.25) is 0 Å². The molecule has 3 heteroatoms. The first-order chi connectivity index (χ1) is 15.7. The highest BCUT2D eigenvalue weighted by Gasteiger charge is 2.41. The Balaban J connectivity index is 1.19. The minimum absolute atomic E-state index is 0.0288. The molecule has 32 heavy (non-hydrogen) atoms. The van der Waals surface area contributed by atoms with Gasteiger partial charge >= 0.3 is 0 Å². The second kappa shape index (κ2) is 8.46. The van der Waals surface area contributed by atoms with Crippen LogP contribution >= 0.6 is 0 Å². The predicted molar refractivity (Wildman–Crippen MR) is 125 cm³/mol. The number of hydrogen-bond acceptors (Lipinski definition) is 2.